The maximum Gasteiger partial charge on any atom is 0.188 e. The van der Waals surface area contributed by atoms with E-state index in [1.54, 1.807) is 0 Å². The predicted molar refractivity (Wildman–Crippen MR) is 83.9 cm³/mol. The van der Waals surface area contributed by atoms with Crippen molar-refractivity contribution in [3.05, 3.63) is 0 Å². The van der Waals surface area contributed by atoms with E-state index in [9.17, 15) is 0 Å². The van der Waals surface area contributed by atoms with Crippen molar-refractivity contribution in [3.63, 3.8) is 0 Å². The van der Waals surface area contributed by atoms with Crippen molar-refractivity contribution in [2.75, 3.05) is 13.2 Å². The molecular formula is C16H31N3O. The van der Waals surface area contributed by atoms with Gasteiger partial charge in [0, 0.05) is 19.2 Å². The average molecular weight is 281 g/mol. The Balaban J connectivity index is 1.58. The Morgan fingerprint density at radius 1 is 1.05 bits per heavy atom. The van der Waals surface area contributed by atoms with Crippen molar-refractivity contribution in [2.24, 2.45) is 10.7 Å². The molecule has 3 N–H and O–H groups in total. The molecule has 116 valence electrons. The largest absolute Gasteiger partial charge is 0.378 e. The number of nitrogens with two attached hydrogens (primary N) is 1. The highest BCUT2D eigenvalue weighted by Gasteiger charge is 2.13. The van der Waals surface area contributed by atoms with Crippen LogP contribution in [0.2, 0.25) is 0 Å². The van der Waals surface area contributed by atoms with Crippen LogP contribution in [0.25, 0.3) is 0 Å². The summed E-state index contributed by atoms with van der Waals surface area (Å²) in [4.78, 5) is 4.46. The van der Waals surface area contributed by atoms with E-state index in [1.165, 1.54) is 57.8 Å². The Hall–Kier alpha value is -0.770. The molecule has 1 heterocycles. The van der Waals surface area contributed by atoms with Gasteiger partial charge in [0.05, 0.1) is 6.10 Å². The van der Waals surface area contributed by atoms with Gasteiger partial charge in [-0.3, -0.25) is 4.99 Å². The lowest BCUT2D eigenvalue weighted by atomic mass is 10.1. The van der Waals surface area contributed by atoms with E-state index in [2.05, 4.69) is 10.3 Å². The van der Waals surface area contributed by atoms with E-state index in [4.69, 9.17) is 10.5 Å². The van der Waals surface area contributed by atoms with Gasteiger partial charge in [-0.1, -0.05) is 25.7 Å². The first-order valence-electron chi connectivity index (χ1n) is 8.52. The zero-order valence-corrected chi connectivity index (χ0v) is 12.8. The smallest absolute Gasteiger partial charge is 0.188 e. The first kappa shape index (κ1) is 15.6. The van der Waals surface area contributed by atoms with Crippen molar-refractivity contribution in [2.45, 2.75) is 82.8 Å². The number of guanidine groups is 1. The number of aliphatic imine (C=N–C) groups is 1. The quantitative estimate of drug-likeness (QED) is 0.352. The van der Waals surface area contributed by atoms with Gasteiger partial charge in [0.15, 0.2) is 5.96 Å². The molecule has 4 nitrogen and oxygen atoms in total. The Morgan fingerprint density at radius 2 is 1.80 bits per heavy atom. The van der Waals surface area contributed by atoms with Crippen LogP contribution in [0.4, 0.5) is 0 Å². The number of hydrogen-bond acceptors (Lipinski definition) is 2. The highest BCUT2D eigenvalue weighted by Crippen LogP contribution is 2.17. The second-order valence-corrected chi connectivity index (χ2v) is 6.23. The number of nitrogens with one attached hydrogen (secondary N) is 1. The molecule has 0 aromatic heterocycles. The molecule has 0 aromatic carbocycles. The first-order chi connectivity index (χ1) is 9.84. The van der Waals surface area contributed by atoms with Crippen LogP contribution in [0.3, 0.4) is 0 Å². The molecule has 1 aliphatic heterocycles. The Morgan fingerprint density at radius 3 is 2.50 bits per heavy atom. The molecule has 1 unspecified atom stereocenters. The topological polar surface area (TPSA) is 59.6 Å². The highest BCUT2D eigenvalue weighted by molar-refractivity contribution is 5.78. The summed E-state index contributed by atoms with van der Waals surface area (Å²) in [5.41, 5.74) is 5.98. The average Bonchev–Trinajstić information content (AvgIpc) is 2.73. The van der Waals surface area contributed by atoms with Crippen LogP contribution < -0.4 is 11.1 Å². The summed E-state index contributed by atoms with van der Waals surface area (Å²) < 4.78 is 5.73. The van der Waals surface area contributed by atoms with Crippen LogP contribution in [0, 0.1) is 0 Å². The molecule has 2 aliphatic rings. The van der Waals surface area contributed by atoms with Gasteiger partial charge < -0.3 is 15.8 Å². The van der Waals surface area contributed by atoms with Crippen LogP contribution in [0.15, 0.2) is 4.99 Å². The second-order valence-electron chi connectivity index (χ2n) is 6.23. The van der Waals surface area contributed by atoms with Gasteiger partial charge in [0.25, 0.3) is 0 Å². The minimum atomic E-state index is 0.468. The summed E-state index contributed by atoms with van der Waals surface area (Å²) in [6.07, 6.45) is 14.3. The van der Waals surface area contributed by atoms with Crippen molar-refractivity contribution >= 4 is 5.96 Å². The fourth-order valence-electron chi connectivity index (χ4n) is 3.23. The van der Waals surface area contributed by atoms with Crippen molar-refractivity contribution in [1.82, 2.24) is 5.32 Å². The zero-order chi connectivity index (χ0) is 14.0. The fourth-order valence-corrected chi connectivity index (χ4v) is 3.23. The maximum absolute atomic E-state index is 5.98. The molecule has 20 heavy (non-hydrogen) atoms. The maximum atomic E-state index is 5.98. The lowest BCUT2D eigenvalue weighted by molar-refractivity contribution is 0.0105. The Labute approximate surface area is 123 Å². The van der Waals surface area contributed by atoms with Crippen molar-refractivity contribution in [1.29, 1.82) is 0 Å². The van der Waals surface area contributed by atoms with Crippen LogP contribution >= 0.6 is 0 Å². The van der Waals surface area contributed by atoms with E-state index < -0.39 is 0 Å². The van der Waals surface area contributed by atoms with Crippen molar-refractivity contribution < 1.29 is 4.74 Å². The van der Waals surface area contributed by atoms with Crippen molar-refractivity contribution in [3.8, 4) is 0 Å². The van der Waals surface area contributed by atoms with Crippen LogP contribution in [0.1, 0.15) is 70.6 Å². The molecule has 2 rings (SSSR count). The molecule has 0 radical (unpaired) electrons. The van der Waals surface area contributed by atoms with Gasteiger partial charge in [-0.05, 0) is 44.9 Å². The molecule has 1 saturated carbocycles. The first-order valence-corrected chi connectivity index (χ1v) is 8.52. The van der Waals surface area contributed by atoms with Gasteiger partial charge in [0.2, 0.25) is 0 Å². The standard InChI is InChI=1S/C16H31N3O/c17-16(19-14-8-3-1-2-4-9-14)18-12-7-11-15-10-5-6-13-20-15/h14-15H,1-13H2,(H3,17,18,19). The molecular weight excluding hydrogens is 250 g/mol. The van der Waals surface area contributed by atoms with Gasteiger partial charge in [-0.25, -0.2) is 0 Å². The fraction of sp³-hybridized carbons (Fsp3) is 0.938. The summed E-state index contributed by atoms with van der Waals surface area (Å²) in [6, 6.07) is 0.544. The second kappa shape index (κ2) is 9.22. The lowest BCUT2D eigenvalue weighted by Crippen LogP contribution is -2.39. The third-order valence-corrected chi connectivity index (χ3v) is 4.45. The van der Waals surface area contributed by atoms with E-state index in [0.717, 1.165) is 26.0 Å². The number of nitrogens with zero attached hydrogens (tertiary/aromatic N) is 1. The summed E-state index contributed by atoms with van der Waals surface area (Å²) in [7, 11) is 0. The highest BCUT2D eigenvalue weighted by atomic mass is 16.5. The molecule has 1 saturated heterocycles. The number of hydrogen-bond donors (Lipinski definition) is 2. The lowest BCUT2D eigenvalue weighted by Gasteiger charge is -2.22. The molecule has 0 bridgehead atoms. The summed E-state index contributed by atoms with van der Waals surface area (Å²) >= 11 is 0. The molecule has 1 atom stereocenters. The molecule has 1 aliphatic carbocycles. The summed E-state index contributed by atoms with van der Waals surface area (Å²) in [5.74, 6) is 0.640. The molecule has 0 amide bonds. The van der Waals surface area contributed by atoms with Gasteiger partial charge in [-0.2, -0.15) is 0 Å². The molecule has 0 aromatic rings. The normalized spacial score (nSPS) is 26.2. The molecule has 4 heteroatoms. The molecule has 2 fully saturated rings. The SMILES string of the molecule is NC(=NCCCC1CCCCO1)NC1CCCCCC1. The molecule has 0 spiro atoms. The van der Waals surface area contributed by atoms with E-state index >= 15 is 0 Å². The van der Waals surface area contributed by atoms with Crippen LogP contribution in [0.5, 0.6) is 0 Å². The van der Waals surface area contributed by atoms with Gasteiger partial charge in [-0.15, -0.1) is 0 Å². The van der Waals surface area contributed by atoms with E-state index in [1.807, 2.05) is 0 Å². The van der Waals surface area contributed by atoms with E-state index in [0.29, 0.717) is 18.1 Å². The summed E-state index contributed by atoms with van der Waals surface area (Å²) in [5, 5.41) is 3.39. The minimum absolute atomic E-state index is 0.468. The predicted octanol–water partition coefficient (Wildman–Crippen LogP) is 2.96. The number of ether oxygens (including phenoxy) is 1. The third kappa shape index (κ3) is 6.12. The zero-order valence-electron chi connectivity index (χ0n) is 12.8. The monoisotopic (exact) mass is 281 g/mol. The van der Waals surface area contributed by atoms with Crippen LogP contribution in [-0.2, 0) is 4.74 Å². The minimum Gasteiger partial charge on any atom is -0.378 e. The van der Waals surface area contributed by atoms with Crippen LogP contribution in [-0.4, -0.2) is 31.3 Å². The van der Waals surface area contributed by atoms with Gasteiger partial charge >= 0.3 is 0 Å². The Kier molecular flexibility index (Phi) is 7.20. The number of rotatable bonds is 5. The van der Waals surface area contributed by atoms with Gasteiger partial charge in [0.1, 0.15) is 0 Å². The third-order valence-electron chi connectivity index (χ3n) is 4.45. The Bertz CT molecular complexity index is 279. The van der Waals surface area contributed by atoms with E-state index in [-0.39, 0.29) is 0 Å². The summed E-state index contributed by atoms with van der Waals surface area (Å²) in [6.45, 7) is 1.77.